The highest BCUT2D eigenvalue weighted by molar-refractivity contribution is 5.99. The predicted molar refractivity (Wildman–Crippen MR) is 103 cm³/mol. The van der Waals surface area contributed by atoms with Gasteiger partial charge in [-0.2, -0.15) is 0 Å². The molecule has 2 atom stereocenters. The van der Waals surface area contributed by atoms with Gasteiger partial charge in [-0.15, -0.1) is 0 Å². The molecule has 152 valence electrons. The molecule has 3 amide bonds. The van der Waals surface area contributed by atoms with Crippen LogP contribution in [0.15, 0.2) is 42.5 Å². The topological polar surface area (TPSA) is 87.3 Å². The Morgan fingerprint density at radius 3 is 2.59 bits per heavy atom. The van der Waals surface area contributed by atoms with E-state index in [1.807, 2.05) is 18.2 Å². The average Bonchev–Trinajstić information content (AvgIpc) is 2.79. The predicted octanol–water partition coefficient (Wildman–Crippen LogP) is 2.08. The van der Waals surface area contributed by atoms with Crippen LogP contribution in [0.25, 0.3) is 0 Å². The van der Waals surface area contributed by atoms with Crippen molar-refractivity contribution in [2.75, 3.05) is 5.32 Å². The van der Waals surface area contributed by atoms with Crippen LogP contribution in [-0.2, 0) is 27.2 Å². The molecule has 0 fully saturated rings. The number of rotatable bonds is 5. The van der Waals surface area contributed by atoms with E-state index < -0.39 is 35.5 Å². The number of fused-ring (bicyclic) bond motifs is 1. The summed E-state index contributed by atoms with van der Waals surface area (Å²) in [6.07, 6.45) is 0.773. The van der Waals surface area contributed by atoms with Crippen LogP contribution in [0.3, 0.4) is 0 Å². The molecule has 3 rings (SSSR count). The van der Waals surface area contributed by atoms with Gasteiger partial charge in [0.2, 0.25) is 17.7 Å². The molecule has 1 unspecified atom stereocenters. The number of nitrogens with one attached hydrogen (secondary N) is 3. The summed E-state index contributed by atoms with van der Waals surface area (Å²) in [6.45, 7) is 1.47. The van der Waals surface area contributed by atoms with Gasteiger partial charge >= 0.3 is 0 Å². The van der Waals surface area contributed by atoms with Crippen LogP contribution in [-0.4, -0.2) is 29.8 Å². The maximum absolute atomic E-state index is 13.2. The molecule has 0 aliphatic carbocycles. The highest BCUT2D eigenvalue weighted by Gasteiger charge is 2.27. The zero-order valence-electron chi connectivity index (χ0n) is 15.8. The summed E-state index contributed by atoms with van der Waals surface area (Å²) < 4.78 is 26.4. The van der Waals surface area contributed by atoms with Crippen molar-refractivity contribution in [2.45, 2.75) is 38.3 Å². The van der Waals surface area contributed by atoms with Crippen LogP contribution in [0, 0.1) is 11.6 Å². The lowest BCUT2D eigenvalue weighted by molar-refractivity contribution is -0.130. The third-order valence-corrected chi connectivity index (χ3v) is 4.67. The first-order chi connectivity index (χ1) is 13.8. The van der Waals surface area contributed by atoms with E-state index >= 15 is 0 Å². The average molecular weight is 401 g/mol. The number of aryl methyl sites for hydroxylation is 1. The Morgan fingerprint density at radius 1 is 1.17 bits per heavy atom. The van der Waals surface area contributed by atoms with E-state index in [4.69, 9.17) is 0 Å². The van der Waals surface area contributed by atoms with Crippen LogP contribution >= 0.6 is 0 Å². The van der Waals surface area contributed by atoms with Gasteiger partial charge in [0.1, 0.15) is 23.7 Å². The number of hydrogen-bond donors (Lipinski definition) is 3. The van der Waals surface area contributed by atoms with Crippen LogP contribution in [0.1, 0.15) is 24.5 Å². The molecule has 0 saturated carbocycles. The van der Waals surface area contributed by atoms with Gasteiger partial charge in [0.25, 0.3) is 0 Å². The number of para-hydroxylation sites is 1. The zero-order chi connectivity index (χ0) is 21.0. The largest absolute Gasteiger partial charge is 0.344 e. The number of anilines is 1. The van der Waals surface area contributed by atoms with Crippen LogP contribution in [0.5, 0.6) is 0 Å². The summed E-state index contributed by atoms with van der Waals surface area (Å²) in [5, 5.41) is 7.91. The first kappa shape index (κ1) is 20.4. The lowest BCUT2D eigenvalue weighted by Crippen LogP contribution is -2.51. The van der Waals surface area contributed by atoms with Crippen molar-refractivity contribution in [1.82, 2.24) is 10.6 Å². The van der Waals surface area contributed by atoms with E-state index in [0.29, 0.717) is 18.9 Å². The van der Waals surface area contributed by atoms with Crippen molar-refractivity contribution >= 4 is 23.4 Å². The van der Waals surface area contributed by atoms with E-state index in [1.54, 1.807) is 6.07 Å². The molecule has 2 aromatic carbocycles. The Balaban J connectivity index is 1.55. The summed E-state index contributed by atoms with van der Waals surface area (Å²) in [5.41, 5.74) is 1.87. The minimum absolute atomic E-state index is 0.161. The summed E-state index contributed by atoms with van der Waals surface area (Å²) in [4.78, 5) is 36.9. The molecule has 29 heavy (non-hydrogen) atoms. The summed E-state index contributed by atoms with van der Waals surface area (Å²) >= 11 is 0. The number of amides is 3. The lowest BCUT2D eigenvalue weighted by Gasteiger charge is -2.19. The van der Waals surface area contributed by atoms with Gasteiger partial charge < -0.3 is 16.0 Å². The first-order valence-electron chi connectivity index (χ1n) is 9.25. The minimum Gasteiger partial charge on any atom is -0.344 e. The van der Waals surface area contributed by atoms with Crippen LogP contribution in [0.4, 0.5) is 14.5 Å². The Kier molecular flexibility index (Phi) is 6.21. The Labute approximate surface area is 166 Å². The molecule has 1 aliphatic heterocycles. The first-order valence-corrected chi connectivity index (χ1v) is 9.25. The fourth-order valence-electron chi connectivity index (χ4n) is 3.20. The normalized spacial score (nSPS) is 16.8. The third kappa shape index (κ3) is 5.37. The number of carbonyl (C=O) groups excluding carboxylic acids is 3. The number of hydrogen-bond acceptors (Lipinski definition) is 3. The lowest BCUT2D eigenvalue weighted by atomic mass is 10.1. The highest BCUT2D eigenvalue weighted by atomic mass is 19.1. The SMILES string of the molecule is C[C@H](NC(=O)Cc1cc(F)cc(F)c1)C(=O)NC1CCc2ccccc2NC1=O. The quantitative estimate of drug-likeness (QED) is 0.717. The fourth-order valence-corrected chi connectivity index (χ4v) is 3.20. The number of benzene rings is 2. The van der Waals surface area contributed by atoms with Crippen molar-refractivity contribution < 1.29 is 23.2 Å². The second kappa shape index (κ2) is 8.81. The Hall–Kier alpha value is -3.29. The van der Waals surface area contributed by atoms with Gasteiger partial charge in [-0.1, -0.05) is 18.2 Å². The van der Waals surface area contributed by atoms with E-state index in [1.165, 1.54) is 6.92 Å². The third-order valence-electron chi connectivity index (χ3n) is 4.67. The fraction of sp³-hybridized carbons (Fsp3) is 0.286. The van der Waals surface area contributed by atoms with Crippen molar-refractivity contribution in [1.29, 1.82) is 0 Å². The van der Waals surface area contributed by atoms with Gasteiger partial charge in [0, 0.05) is 11.8 Å². The standard InChI is InChI=1S/C21H21F2N3O3/c1-12(24-19(27)10-13-8-15(22)11-16(23)9-13)20(28)26-18-7-6-14-4-2-3-5-17(14)25-21(18)29/h2-5,8-9,11-12,18H,6-7,10H2,1H3,(H,24,27)(H,25,29)(H,26,28)/t12-,18?/m0/s1. The molecule has 2 aromatic rings. The maximum atomic E-state index is 13.2. The molecule has 6 nitrogen and oxygen atoms in total. The van der Waals surface area contributed by atoms with Crippen molar-refractivity contribution in [3.05, 3.63) is 65.2 Å². The molecule has 3 N–H and O–H groups in total. The molecule has 0 aromatic heterocycles. The Bertz CT molecular complexity index is 928. The van der Waals surface area contributed by atoms with Gasteiger partial charge in [0.05, 0.1) is 6.42 Å². The van der Waals surface area contributed by atoms with Gasteiger partial charge in [-0.3, -0.25) is 14.4 Å². The van der Waals surface area contributed by atoms with Crippen molar-refractivity contribution in [3.63, 3.8) is 0 Å². The molecular formula is C21H21F2N3O3. The molecule has 1 heterocycles. The van der Waals surface area contributed by atoms with Crippen LogP contribution < -0.4 is 16.0 Å². The summed E-state index contributed by atoms with van der Waals surface area (Å²) in [7, 11) is 0. The van der Waals surface area contributed by atoms with Gasteiger partial charge in [-0.25, -0.2) is 8.78 Å². The van der Waals surface area contributed by atoms with E-state index in [9.17, 15) is 23.2 Å². The van der Waals surface area contributed by atoms with E-state index in [2.05, 4.69) is 16.0 Å². The molecule has 1 aliphatic rings. The minimum atomic E-state index is -0.917. The monoisotopic (exact) mass is 401 g/mol. The summed E-state index contributed by atoms with van der Waals surface area (Å²) in [6, 6.07) is 8.60. The second-order valence-electron chi connectivity index (χ2n) is 6.99. The highest BCUT2D eigenvalue weighted by Crippen LogP contribution is 2.21. The molecule has 0 bridgehead atoms. The smallest absolute Gasteiger partial charge is 0.246 e. The second-order valence-corrected chi connectivity index (χ2v) is 6.99. The Morgan fingerprint density at radius 2 is 1.86 bits per heavy atom. The van der Waals surface area contributed by atoms with Crippen molar-refractivity contribution in [2.24, 2.45) is 0 Å². The molecule has 0 saturated heterocycles. The molecule has 0 radical (unpaired) electrons. The van der Waals surface area contributed by atoms with Gasteiger partial charge in [-0.05, 0) is 49.1 Å². The molecule has 8 heteroatoms. The van der Waals surface area contributed by atoms with Crippen molar-refractivity contribution in [3.8, 4) is 0 Å². The van der Waals surface area contributed by atoms with Crippen LogP contribution in [0.2, 0.25) is 0 Å². The molecule has 0 spiro atoms. The van der Waals surface area contributed by atoms with Gasteiger partial charge in [0.15, 0.2) is 0 Å². The number of carbonyl (C=O) groups is 3. The maximum Gasteiger partial charge on any atom is 0.246 e. The summed E-state index contributed by atoms with van der Waals surface area (Å²) in [5.74, 6) is -2.96. The van der Waals surface area contributed by atoms with E-state index in [-0.39, 0.29) is 17.9 Å². The van der Waals surface area contributed by atoms with E-state index in [0.717, 1.165) is 23.4 Å². The number of halogens is 2. The zero-order valence-corrected chi connectivity index (χ0v) is 15.8. The molecular weight excluding hydrogens is 380 g/mol.